The molecule has 0 spiro atoms. The van der Waals surface area contributed by atoms with Crippen molar-refractivity contribution in [1.82, 2.24) is 9.97 Å². The zero-order chi connectivity index (χ0) is 30.0. The summed E-state index contributed by atoms with van der Waals surface area (Å²) in [7, 11) is 0. The molecule has 0 amide bonds. The number of benzene rings is 6. The van der Waals surface area contributed by atoms with Crippen LogP contribution in [0, 0.1) is 0 Å². The van der Waals surface area contributed by atoms with Gasteiger partial charge in [-0.3, -0.25) is 9.88 Å². The average molecular weight is 576 g/mol. The van der Waals surface area contributed by atoms with Crippen molar-refractivity contribution in [2.45, 2.75) is 0 Å². The summed E-state index contributed by atoms with van der Waals surface area (Å²) >= 11 is 0. The van der Waals surface area contributed by atoms with Gasteiger partial charge in [0.2, 0.25) is 0 Å². The van der Waals surface area contributed by atoms with Crippen LogP contribution in [0.5, 0.6) is 0 Å². The molecule has 2 aromatic heterocycles. The zero-order valence-corrected chi connectivity index (χ0v) is 24.6. The summed E-state index contributed by atoms with van der Waals surface area (Å²) in [4.78, 5) is 12.6. The van der Waals surface area contributed by atoms with Gasteiger partial charge in [0.05, 0.1) is 16.6 Å². The SMILES string of the molecule is c1ccc(-c2ccc(N(c3ccc(-c4ccccc4)cc3)c3nc4ccccc4c4ccnc(-c5ccccc5)c34)cc2)cc1. The first-order chi connectivity index (χ1) is 22.3. The normalized spacial score (nSPS) is 11.1. The van der Waals surface area contributed by atoms with Gasteiger partial charge in [-0.2, -0.15) is 0 Å². The minimum Gasteiger partial charge on any atom is -0.294 e. The van der Waals surface area contributed by atoms with E-state index in [-0.39, 0.29) is 0 Å². The summed E-state index contributed by atoms with van der Waals surface area (Å²) in [6.07, 6.45) is 1.91. The van der Waals surface area contributed by atoms with E-state index in [1.165, 1.54) is 22.3 Å². The standard InChI is InChI=1S/C42H29N3/c1-4-12-30(13-5-1)32-20-24-35(25-21-32)45(36-26-22-33(23-27-36)31-14-6-2-7-15-31)42-40-38(37-18-10-11-19-39(37)44-42)28-29-43-41(40)34-16-8-3-9-17-34/h1-29H. The van der Waals surface area contributed by atoms with Crippen molar-refractivity contribution in [2.24, 2.45) is 0 Å². The number of hydrogen-bond acceptors (Lipinski definition) is 3. The summed E-state index contributed by atoms with van der Waals surface area (Å²) in [5.41, 5.74) is 9.66. The molecule has 0 atom stereocenters. The van der Waals surface area contributed by atoms with Crippen molar-refractivity contribution in [1.29, 1.82) is 0 Å². The van der Waals surface area contributed by atoms with Crippen LogP contribution in [-0.2, 0) is 0 Å². The highest BCUT2D eigenvalue weighted by Gasteiger charge is 2.22. The topological polar surface area (TPSA) is 29.0 Å². The monoisotopic (exact) mass is 575 g/mol. The van der Waals surface area contributed by atoms with Gasteiger partial charge in [0, 0.05) is 28.5 Å². The lowest BCUT2D eigenvalue weighted by Gasteiger charge is -2.27. The number of para-hydroxylation sites is 1. The summed E-state index contributed by atoms with van der Waals surface area (Å²) in [6, 6.07) is 59.4. The van der Waals surface area contributed by atoms with Gasteiger partial charge >= 0.3 is 0 Å². The van der Waals surface area contributed by atoms with Crippen LogP contribution < -0.4 is 4.90 Å². The minimum atomic E-state index is 0.843. The maximum Gasteiger partial charge on any atom is 0.148 e. The van der Waals surface area contributed by atoms with Crippen molar-refractivity contribution in [3.05, 3.63) is 176 Å². The Morgan fingerprint density at radius 2 is 0.844 bits per heavy atom. The molecule has 0 aliphatic carbocycles. The average Bonchev–Trinajstić information content (AvgIpc) is 3.13. The first-order valence-electron chi connectivity index (χ1n) is 15.2. The first-order valence-corrected chi connectivity index (χ1v) is 15.2. The summed E-state index contributed by atoms with van der Waals surface area (Å²) < 4.78 is 0. The number of fused-ring (bicyclic) bond motifs is 3. The third-order valence-electron chi connectivity index (χ3n) is 8.32. The van der Waals surface area contributed by atoms with Crippen LogP contribution in [0.2, 0.25) is 0 Å². The maximum atomic E-state index is 5.39. The lowest BCUT2D eigenvalue weighted by molar-refractivity contribution is 1.22. The highest BCUT2D eigenvalue weighted by atomic mass is 15.2. The van der Waals surface area contributed by atoms with Crippen LogP contribution in [0.3, 0.4) is 0 Å². The van der Waals surface area contributed by atoms with Crippen molar-refractivity contribution >= 4 is 38.9 Å². The lowest BCUT2D eigenvalue weighted by Crippen LogP contribution is -2.13. The van der Waals surface area contributed by atoms with Gasteiger partial charge in [-0.15, -0.1) is 0 Å². The fraction of sp³-hybridized carbons (Fsp3) is 0. The molecule has 0 saturated heterocycles. The number of nitrogens with zero attached hydrogens (tertiary/aromatic N) is 3. The summed E-state index contributed by atoms with van der Waals surface area (Å²) in [6.45, 7) is 0. The Bertz CT molecular complexity index is 2150. The third-order valence-corrected chi connectivity index (χ3v) is 8.32. The highest BCUT2D eigenvalue weighted by Crippen LogP contribution is 2.43. The van der Waals surface area contributed by atoms with E-state index in [1.54, 1.807) is 0 Å². The van der Waals surface area contributed by atoms with E-state index in [9.17, 15) is 0 Å². The largest absolute Gasteiger partial charge is 0.294 e. The van der Waals surface area contributed by atoms with Crippen molar-refractivity contribution in [3.63, 3.8) is 0 Å². The maximum absolute atomic E-state index is 5.39. The molecule has 0 fully saturated rings. The van der Waals surface area contributed by atoms with E-state index in [0.717, 1.165) is 50.1 Å². The van der Waals surface area contributed by atoms with Gasteiger partial charge in [-0.1, -0.05) is 133 Å². The van der Waals surface area contributed by atoms with E-state index in [1.807, 2.05) is 24.4 Å². The van der Waals surface area contributed by atoms with Crippen molar-refractivity contribution in [3.8, 4) is 33.5 Å². The quantitative estimate of drug-likeness (QED) is 0.185. The second-order valence-corrected chi connectivity index (χ2v) is 11.1. The molecule has 2 heterocycles. The Morgan fingerprint density at radius 1 is 0.378 bits per heavy atom. The molecule has 0 unspecified atom stereocenters. The second-order valence-electron chi connectivity index (χ2n) is 11.1. The number of anilines is 3. The predicted octanol–water partition coefficient (Wildman–Crippen LogP) is 11.3. The summed E-state index contributed by atoms with van der Waals surface area (Å²) in [5.74, 6) is 0.843. The van der Waals surface area contributed by atoms with Gasteiger partial charge in [0.15, 0.2) is 0 Å². The molecule has 0 N–H and O–H groups in total. The van der Waals surface area contributed by atoms with Gasteiger partial charge in [-0.05, 0) is 64.0 Å². The molecular formula is C42H29N3. The van der Waals surface area contributed by atoms with Crippen LogP contribution in [-0.4, -0.2) is 9.97 Å². The minimum absolute atomic E-state index is 0.843. The van der Waals surface area contributed by atoms with E-state index in [2.05, 4.69) is 157 Å². The van der Waals surface area contributed by atoms with Gasteiger partial charge in [0.1, 0.15) is 5.82 Å². The zero-order valence-electron chi connectivity index (χ0n) is 24.6. The highest BCUT2D eigenvalue weighted by molar-refractivity contribution is 6.15. The van der Waals surface area contributed by atoms with Gasteiger partial charge in [0.25, 0.3) is 0 Å². The van der Waals surface area contributed by atoms with Crippen molar-refractivity contribution < 1.29 is 0 Å². The van der Waals surface area contributed by atoms with Crippen molar-refractivity contribution in [2.75, 3.05) is 4.90 Å². The molecule has 3 heteroatoms. The van der Waals surface area contributed by atoms with E-state index in [4.69, 9.17) is 9.97 Å². The number of pyridine rings is 2. The van der Waals surface area contributed by atoms with Crippen LogP contribution in [0.15, 0.2) is 176 Å². The number of aromatic nitrogens is 2. The smallest absolute Gasteiger partial charge is 0.148 e. The molecule has 8 rings (SSSR count). The molecule has 212 valence electrons. The Morgan fingerprint density at radius 3 is 1.40 bits per heavy atom. The first kappa shape index (κ1) is 26.6. The molecule has 3 nitrogen and oxygen atoms in total. The lowest BCUT2D eigenvalue weighted by atomic mass is 10.00. The molecule has 6 aromatic carbocycles. The molecule has 0 aliphatic rings. The number of rotatable bonds is 6. The van der Waals surface area contributed by atoms with Crippen LogP contribution >= 0.6 is 0 Å². The Labute approximate surface area is 262 Å². The fourth-order valence-electron chi connectivity index (χ4n) is 6.12. The Hall–Kier alpha value is -6.06. The van der Waals surface area contributed by atoms with Crippen LogP contribution in [0.1, 0.15) is 0 Å². The Kier molecular flexibility index (Phi) is 6.82. The fourth-order valence-corrected chi connectivity index (χ4v) is 6.12. The Balaban J connectivity index is 1.39. The van der Waals surface area contributed by atoms with Crippen LogP contribution in [0.4, 0.5) is 17.2 Å². The van der Waals surface area contributed by atoms with E-state index < -0.39 is 0 Å². The molecule has 0 aliphatic heterocycles. The van der Waals surface area contributed by atoms with E-state index in [0.29, 0.717) is 0 Å². The predicted molar refractivity (Wildman–Crippen MR) is 188 cm³/mol. The third kappa shape index (κ3) is 5.01. The van der Waals surface area contributed by atoms with Gasteiger partial charge < -0.3 is 0 Å². The van der Waals surface area contributed by atoms with E-state index >= 15 is 0 Å². The molecule has 0 radical (unpaired) electrons. The molecule has 0 saturated carbocycles. The molecule has 45 heavy (non-hydrogen) atoms. The molecule has 8 aromatic rings. The van der Waals surface area contributed by atoms with Gasteiger partial charge in [-0.25, -0.2) is 4.98 Å². The number of hydrogen-bond donors (Lipinski definition) is 0. The molecular weight excluding hydrogens is 546 g/mol. The van der Waals surface area contributed by atoms with Crippen LogP contribution in [0.25, 0.3) is 55.2 Å². The second kappa shape index (κ2) is 11.6. The molecule has 0 bridgehead atoms. The summed E-state index contributed by atoms with van der Waals surface area (Å²) in [5, 5.41) is 3.24.